The fourth-order valence-corrected chi connectivity index (χ4v) is 2.56. The Morgan fingerprint density at radius 2 is 1.89 bits per heavy atom. The molecule has 0 spiro atoms. The monoisotopic (exact) mass is 254 g/mol. The van der Waals surface area contributed by atoms with Crippen molar-refractivity contribution in [3.63, 3.8) is 0 Å². The first kappa shape index (κ1) is 11.8. The van der Waals surface area contributed by atoms with Crippen LogP contribution in [-0.2, 0) is 0 Å². The van der Waals surface area contributed by atoms with Crippen LogP contribution >= 0.6 is 0 Å². The van der Waals surface area contributed by atoms with E-state index < -0.39 is 0 Å². The molecule has 3 heteroatoms. The van der Waals surface area contributed by atoms with Crippen molar-refractivity contribution < 1.29 is 4.39 Å². The summed E-state index contributed by atoms with van der Waals surface area (Å²) in [5.74, 6) is -0.191. The molecule has 1 aromatic carbocycles. The Kier molecular flexibility index (Phi) is 2.56. The highest BCUT2D eigenvalue weighted by molar-refractivity contribution is 5.90. The van der Waals surface area contributed by atoms with Gasteiger partial charge in [0.15, 0.2) is 0 Å². The minimum atomic E-state index is -0.191. The number of aromatic nitrogens is 1. The van der Waals surface area contributed by atoms with E-state index in [4.69, 9.17) is 5.73 Å². The number of anilines is 1. The summed E-state index contributed by atoms with van der Waals surface area (Å²) in [5, 5.41) is 0. The van der Waals surface area contributed by atoms with E-state index >= 15 is 0 Å². The van der Waals surface area contributed by atoms with E-state index in [-0.39, 0.29) is 5.82 Å². The normalized spacial score (nSPS) is 11.1. The molecule has 2 heterocycles. The van der Waals surface area contributed by atoms with Gasteiger partial charge in [-0.1, -0.05) is 12.1 Å². The zero-order chi connectivity index (χ0) is 13.6. The van der Waals surface area contributed by atoms with Gasteiger partial charge in [-0.3, -0.25) is 0 Å². The summed E-state index contributed by atoms with van der Waals surface area (Å²) < 4.78 is 15.4. The van der Waals surface area contributed by atoms with Crippen molar-refractivity contribution in [1.82, 2.24) is 4.40 Å². The van der Waals surface area contributed by atoms with Crippen LogP contribution in [0.15, 0.2) is 42.6 Å². The van der Waals surface area contributed by atoms with Crippen LogP contribution in [0.25, 0.3) is 16.6 Å². The average Bonchev–Trinajstić information content (AvgIpc) is 2.66. The largest absolute Gasteiger partial charge is 0.396 e. The van der Waals surface area contributed by atoms with Gasteiger partial charge in [0.25, 0.3) is 0 Å². The highest BCUT2D eigenvalue weighted by Gasteiger charge is 2.14. The van der Waals surface area contributed by atoms with Crippen LogP contribution in [0.4, 0.5) is 10.1 Å². The highest BCUT2D eigenvalue weighted by atomic mass is 19.1. The molecule has 2 nitrogen and oxygen atoms in total. The Bertz CT molecular complexity index is 733. The van der Waals surface area contributed by atoms with Crippen LogP contribution < -0.4 is 5.73 Å². The number of fused-ring (bicyclic) bond motifs is 1. The summed E-state index contributed by atoms with van der Waals surface area (Å²) in [4.78, 5) is 0. The maximum Gasteiger partial charge on any atom is 0.126 e. The lowest BCUT2D eigenvalue weighted by Gasteiger charge is -2.05. The predicted octanol–water partition coefficient (Wildman–Crippen LogP) is 3.94. The Hall–Kier alpha value is -2.29. The van der Waals surface area contributed by atoms with Crippen LogP contribution in [0.1, 0.15) is 11.3 Å². The van der Waals surface area contributed by atoms with Gasteiger partial charge >= 0.3 is 0 Å². The minimum Gasteiger partial charge on any atom is -0.396 e. The zero-order valence-electron chi connectivity index (χ0n) is 10.9. The SMILES string of the molecule is Cc1cc(-c2c(N)c3ccccn3c2C)ccc1F. The van der Waals surface area contributed by atoms with E-state index in [1.54, 1.807) is 13.0 Å². The Labute approximate surface area is 111 Å². The van der Waals surface area contributed by atoms with Crippen LogP contribution in [0, 0.1) is 19.7 Å². The van der Waals surface area contributed by atoms with Crippen molar-refractivity contribution in [3.8, 4) is 11.1 Å². The Balaban J connectivity index is 2.33. The number of halogens is 1. The quantitative estimate of drug-likeness (QED) is 0.700. The first-order valence-corrected chi connectivity index (χ1v) is 6.21. The van der Waals surface area contributed by atoms with E-state index in [9.17, 15) is 4.39 Å². The van der Waals surface area contributed by atoms with Crippen molar-refractivity contribution in [2.45, 2.75) is 13.8 Å². The summed E-state index contributed by atoms with van der Waals surface area (Å²) in [6, 6.07) is 11.0. The second kappa shape index (κ2) is 4.12. The summed E-state index contributed by atoms with van der Waals surface area (Å²) in [5.41, 5.74) is 11.6. The highest BCUT2D eigenvalue weighted by Crippen LogP contribution is 2.35. The van der Waals surface area contributed by atoms with E-state index in [1.807, 2.05) is 37.4 Å². The molecule has 3 aromatic rings. The Morgan fingerprint density at radius 1 is 1.11 bits per heavy atom. The predicted molar refractivity (Wildman–Crippen MR) is 76.7 cm³/mol. The molecule has 0 unspecified atom stereocenters. The third-order valence-corrected chi connectivity index (χ3v) is 3.57. The first-order chi connectivity index (χ1) is 9.09. The number of hydrogen-bond donors (Lipinski definition) is 1. The molecular formula is C16H15FN2. The molecule has 2 aromatic heterocycles. The molecule has 0 fully saturated rings. The lowest BCUT2D eigenvalue weighted by molar-refractivity contribution is 0.619. The third kappa shape index (κ3) is 1.70. The van der Waals surface area contributed by atoms with Crippen LogP contribution in [0.3, 0.4) is 0 Å². The van der Waals surface area contributed by atoms with Crippen molar-refractivity contribution in [3.05, 3.63) is 59.7 Å². The molecular weight excluding hydrogens is 239 g/mol. The summed E-state index contributed by atoms with van der Waals surface area (Å²) >= 11 is 0. The molecule has 0 aliphatic carbocycles. The summed E-state index contributed by atoms with van der Waals surface area (Å²) in [6.07, 6.45) is 1.99. The van der Waals surface area contributed by atoms with Crippen molar-refractivity contribution >= 4 is 11.2 Å². The van der Waals surface area contributed by atoms with E-state index in [2.05, 4.69) is 4.40 Å². The van der Waals surface area contributed by atoms with Crippen molar-refractivity contribution in [2.75, 3.05) is 5.73 Å². The van der Waals surface area contributed by atoms with Gasteiger partial charge in [0.1, 0.15) is 5.82 Å². The molecule has 3 rings (SSSR count). The number of nitrogen functional groups attached to an aromatic ring is 1. The van der Waals surface area contributed by atoms with Gasteiger partial charge < -0.3 is 10.1 Å². The molecule has 19 heavy (non-hydrogen) atoms. The maximum absolute atomic E-state index is 13.4. The minimum absolute atomic E-state index is 0.191. The fourth-order valence-electron chi connectivity index (χ4n) is 2.56. The molecule has 0 bridgehead atoms. The van der Waals surface area contributed by atoms with E-state index in [1.165, 1.54) is 6.07 Å². The molecule has 0 atom stereocenters. The number of benzene rings is 1. The Morgan fingerprint density at radius 3 is 2.58 bits per heavy atom. The van der Waals surface area contributed by atoms with Crippen LogP contribution in [-0.4, -0.2) is 4.40 Å². The molecule has 0 aliphatic heterocycles. The third-order valence-electron chi connectivity index (χ3n) is 3.57. The smallest absolute Gasteiger partial charge is 0.126 e. The van der Waals surface area contributed by atoms with Gasteiger partial charge in [-0.05, 0) is 49.2 Å². The van der Waals surface area contributed by atoms with Crippen molar-refractivity contribution in [2.24, 2.45) is 0 Å². The van der Waals surface area contributed by atoms with E-state index in [0.717, 1.165) is 28.0 Å². The number of nitrogens with zero attached hydrogens (tertiary/aromatic N) is 1. The van der Waals surface area contributed by atoms with Crippen LogP contribution in [0.2, 0.25) is 0 Å². The number of pyridine rings is 1. The van der Waals surface area contributed by atoms with Gasteiger partial charge in [0.05, 0.1) is 11.2 Å². The molecule has 0 aliphatic rings. The topological polar surface area (TPSA) is 30.4 Å². The second-order valence-corrected chi connectivity index (χ2v) is 4.79. The van der Waals surface area contributed by atoms with Gasteiger partial charge in [0.2, 0.25) is 0 Å². The standard InChI is InChI=1S/C16H15FN2/c1-10-9-12(6-7-13(10)17)15-11(2)19-8-4-3-5-14(19)16(15)18/h3-9H,18H2,1-2H3. The zero-order valence-corrected chi connectivity index (χ0v) is 10.9. The van der Waals surface area contributed by atoms with Gasteiger partial charge in [-0.2, -0.15) is 0 Å². The number of rotatable bonds is 1. The molecule has 0 saturated heterocycles. The lowest BCUT2D eigenvalue weighted by atomic mass is 10.0. The molecule has 0 radical (unpaired) electrons. The second-order valence-electron chi connectivity index (χ2n) is 4.79. The molecule has 96 valence electrons. The van der Waals surface area contributed by atoms with Gasteiger partial charge in [-0.25, -0.2) is 4.39 Å². The fraction of sp³-hybridized carbons (Fsp3) is 0.125. The maximum atomic E-state index is 13.4. The number of hydrogen-bond acceptors (Lipinski definition) is 1. The summed E-state index contributed by atoms with van der Waals surface area (Å²) in [7, 11) is 0. The van der Waals surface area contributed by atoms with Crippen molar-refractivity contribution in [1.29, 1.82) is 0 Å². The van der Waals surface area contributed by atoms with E-state index in [0.29, 0.717) is 5.56 Å². The summed E-state index contributed by atoms with van der Waals surface area (Å²) in [6.45, 7) is 3.79. The number of aryl methyl sites for hydroxylation is 2. The number of nitrogens with two attached hydrogens (primary N) is 1. The molecule has 0 saturated carbocycles. The lowest BCUT2D eigenvalue weighted by Crippen LogP contribution is -1.89. The molecule has 0 amide bonds. The van der Waals surface area contributed by atoms with Gasteiger partial charge in [0, 0.05) is 17.5 Å². The average molecular weight is 254 g/mol. The van der Waals surface area contributed by atoms with Crippen LogP contribution in [0.5, 0.6) is 0 Å². The molecule has 2 N–H and O–H groups in total. The van der Waals surface area contributed by atoms with Gasteiger partial charge in [-0.15, -0.1) is 0 Å². The first-order valence-electron chi connectivity index (χ1n) is 6.21.